The van der Waals surface area contributed by atoms with Crippen molar-refractivity contribution in [3.8, 4) is 6.07 Å². The van der Waals surface area contributed by atoms with E-state index in [0.29, 0.717) is 19.4 Å². The van der Waals surface area contributed by atoms with Gasteiger partial charge in [-0.05, 0) is 26.2 Å². The Labute approximate surface area is 86.1 Å². The minimum Gasteiger partial charge on any atom is -0.465 e. The summed E-state index contributed by atoms with van der Waals surface area (Å²) < 4.78 is 5.08. The van der Waals surface area contributed by atoms with Gasteiger partial charge in [-0.1, -0.05) is 13.8 Å². The Morgan fingerprint density at radius 2 is 2.07 bits per heavy atom. The zero-order valence-electron chi connectivity index (χ0n) is 9.46. The molecule has 0 aromatic rings. The highest BCUT2D eigenvalue weighted by Gasteiger charge is 2.32. The summed E-state index contributed by atoms with van der Waals surface area (Å²) in [7, 11) is 0. The highest BCUT2D eigenvalue weighted by molar-refractivity contribution is 5.76. The summed E-state index contributed by atoms with van der Waals surface area (Å²) in [5.74, 6) is 0.0800. The summed E-state index contributed by atoms with van der Waals surface area (Å²) in [6, 6.07) is 2.01. The van der Waals surface area contributed by atoms with Crippen LogP contribution in [0.5, 0.6) is 0 Å². The number of carbonyl (C=O) groups excluding carboxylic acids is 1. The second kappa shape index (κ2) is 5.64. The first-order valence-electron chi connectivity index (χ1n) is 4.97. The van der Waals surface area contributed by atoms with Crippen LogP contribution in [0.15, 0.2) is 0 Å². The van der Waals surface area contributed by atoms with Crippen molar-refractivity contribution in [1.82, 2.24) is 0 Å². The summed E-state index contributed by atoms with van der Waals surface area (Å²) in [4.78, 5) is 11.6. The van der Waals surface area contributed by atoms with Gasteiger partial charge >= 0.3 is 5.97 Å². The van der Waals surface area contributed by atoms with Crippen LogP contribution in [-0.4, -0.2) is 12.6 Å². The molecule has 0 radical (unpaired) electrons. The maximum Gasteiger partial charge on any atom is 0.311 e. The zero-order chi connectivity index (χ0) is 11.2. The molecule has 0 aliphatic heterocycles. The van der Waals surface area contributed by atoms with Crippen LogP contribution in [0.1, 0.15) is 40.5 Å². The van der Waals surface area contributed by atoms with E-state index in [-0.39, 0.29) is 11.9 Å². The molecule has 80 valence electrons. The van der Waals surface area contributed by atoms with E-state index < -0.39 is 5.41 Å². The first-order chi connectivity index (χ1) is 6.42. The lowest BCUT2D eigenvalue weighted by Gasteiger charge is -2.26. The fraction of sp³-hybridized carbons (Fsp3) is 0.818. The first-order valence-corrected chi connectivity index (χ1v) is 4.97. The van der Waals surface area contributed by atoms with Crippen LogP contribution in [-0.2, 0) is 9.53 Å². The Kier molecular flexibility index (Phi) is 5.22. The van der Waals surface area contributed by atoms with E-state index in [9.17, 15) is 4.79 Å². The van der Waals surface area contributed by atoms with Crippen LogP contribution >= 0.6 is 0 Å². The Balaban J connectivity index is 3.91. The van der Waals surface area contributed by atoms with Crippen molar-refractivity contribution in [1.29, 1.82) is 5.26 Å². The van der Waals surface area contributed by atoms with Crippen molar-refractivity contribution in [3.63, 3.8) is 0 Å². The van der Waals surface area contributed by atoms with E-state index in [1.807, 2.05) is 33.8 Å². The molecule has 0 fully saturated rings. The molecular formula is C11H19NO2. The molecule has 0 heterocycles. The quantitative estimate of drug-likeness (QED) is 0.502. The van der Waals surface area contributed by atoms with E-state index in [4.69, 9.17) is 10.00 Å². The second-order valence-corrected chi connectivity index (χ2v) is 4.27. The van der Waals surface area contributed by atoms with Crippen LogP contribution in [0.3, 0.4) is 0 Å². The third-order valence-electron chi connectivity index (χ3n) is 2.64. The van der Waals surface area contributed by atoms with Gasteiger partial charge < -0.3 is 4.74 Å². The molecule has 0 N–H and O–H groups in total. The molecule has 3 nitrogen and oxygen atoms in total. The summed E-state index contributed by atoms with van der Waals surface area (Å²) >= 11 is 0. The SMILES string of the molecule is CC(C)C(C)(C)C(=O)OCCCC#N. The molecule has 0 aliphatic rings. The van der Waals surface area contributed by atoms with Crippen LogP contribution < -0.4 is 0 Å². The molecule has 0 rings (SSSR count). The average molecular weight is 197 g/mol. The molecule has 0 aromatic carbocycles. The number of hydrogen-bond donors (Lipinski definition) is 0. The molecule has 0 saturated carbocycles. The minimum absolute atomic E-state index is 0.176. The van der Waals surface area contributed by atoms with Gasteiger partial charge in [0.15, 0.2) is 0 Å². The number of hydrogen-bond acceptors (Lipinski definition) is 3. The molecule has 0 aliphatic carbocycles. The molecule has 0 atom stereocenters. The lowest BCUT2D eigenvalue weighted by molar-refractivity contribution is -0.156. The van der Waals surface area contributed by atoms with Crippen LogP contribution in [0.4, 0.5) is 0 Å². The summed E-state index contributed by atoms with van der Waals surface area (Å²) in [6.45, 7) is 8.10. The van der Waals surface area contributed by atoms with E-state index in [2.05, 4.69) is 0 Å². The molecule has 0 aromatic heterocycles. The Morgan fingerprint density at radius 3 is 2.50 bits per heavy atom. The molecule has 0 saturated heterocycles. The predicted octanol–water partition coefficient (Wildman–Crippen LogP) is 2.52. The van der Waals surface area contributed by atoms with Gasteiger partial charge in [-0.2, -0.15) is 5.26 Å². The van der Waals surface area contributed by atoms with Crippen molar-refractivity contribution in [2.75, 3.05) is 6.61 Å². The summed E-state index contributed by atoms with van der Waals surface area (Å²) in [5.41, 5.74) is -0.438. The first kappa shape index (κ1) is 13.0. The van der Waals surface area contributed by atoms with Crippen LogP contribution in [0.25, 0.3) is 0 Å². The molecule has 3 heteroatoms. The average Bonchev–Trinajstić information content (AvgIpc) is 2.11. The smallest absolute Gasteiger partial charge is 0.311 e. The lowest BCUT2D eigenvalue weighted by Crippen LogP contribution is -2.32. The zero-order valence-corrected chi connectivity index (χ0v) is 9.46. The van der Waals surface area contributed by atoms with Gasteiger partial charge in [0, 0.05) is 6.42 Å². The number of ether oxygens (including phenoxy) is 1. The summed E-state index contributed by atoms with van der Waals surface area (Å²) in [5, 5.41) is 8.29. The molecular weight excluding hydrogens is 178 g/mol. The Bertz CT molecular complexity index is 226. The lowest BCUT2D eigenvalue weighted by atomic mass is 9.81. The number of unbranched alkanes of at least 4 members (excludes halogenated alkanes) is 1. The minimum atomic E-state index is -0.438. The Morgan fingerprint density at radius 1 is 1.50 bits per heavy atom. The van der Waals surface area contributed by atoms with Gasteiger partial charge in [0.1, 0.15) is 0 Å². The number of nitriles is 1. The number of nitrogens with zero attached hydrogens (tertiary/aromatic N) is 1. The van der Waals surface area contributed by atoms with E-state index in [1.165, 1.54) is 0 Å². The number of carbonyl (C=O) groups is 1. The monoisotopic (exact) mass is 197 g/mol. The van der Waals surface area contributed by atoms with E-state index in [0.717, 1.165) is 0 Å². The van der Waals surface area contributed by atoms with Crippen molar-refractivity contribution >= 4 is 5.97 Å². The van der Waals surface area contributed by atoms with Gasteiger partial charge in [-0.15, -0.1) is 0 Å². The van der Waals surface area contributed by atoms with Crippen molar-refractivity contribution in [3.05, 3.63) is 0 Å². The van der Waals surface area contributed by atoms with Crippen LogP contribution in [0.2, 0.25) is 0 Å². The molecule has 0 amide bonds. The third-order valence-corrected chi connectivity index (χ3v) is 2.64. The fourth-order valence-corrected chi connectivity index (χ4v) is 0.738. The van der Waals surface area contributed by atoms with Gasteiger partial charge in [-0.3, -0.25) is 4.79 Å². The highest BCUT2D eigenvalue weighted by Crippen LogP contribution is 2.27. The van der Waals surface area contributed by atoms with Crippen molar-refractivity contribution in [2.24, 2.45) is 11.3 Å². The van der Waals surface area contributed by atoms with Gasteiger partial charge in [-0.25, -0.2) is 0 Å². The van der Waals surface area contributed by atoms with Gasteiger partial charge in [0.25, 0.3) is 0 Å². The highest BCUT2D eigenvalue weighted by atomic mass is 16.5. The second-order valence-electron chi connectivity index (χ2n) is 4.27. The topological polar surface area (TPSA) is 50.1 Å². The molecule has 14 heavy (non-hydrogen) atoms. The van der Waals surface area contributed by atoms with E-state index >= 15 is 0 Å². The fourth-order valence-electron chi connectivity index (χ4n) is 0.738. The standard InChI is InChI=1S/C11H19NO2/c1-9(2)11(3,4)10(13)14-8-6-5-7-12/h9H,5-6,8H2,1-4H3. The molecule has 0 bridgehead atoms. The van der Waals surface area contributed by atoms with Crippen molar-refractivity contribution < 1.29 is 9.53 Å². The number of rotatable bonds is 5. The maximum atomic E-state index is 11.6. The maximum absolute atomic E-state index is 11.6. The largest absolute Gasteiger partial charge is 0.465 e. The predicted molar refractivity (Wildman–Crippen MR) is 54.4 cm³/mol. The van der Waals surface area contributed by atoms with Crippen LogP contribution in [0, 0.1) is 22.7 Å². The van der Waals surface area contributed by atoms with Crippen molar-refractivity contribution in [2.45, 2.75) is 40.5 Å². The summed E-state index contributed by atoms with van der Waals surface area (Å²) in [6.07, 6.45) is 1.06. The molecule has 0 unspecified atom stereocenters. The molecule has 0 spiro atoms. The third kappa shape index (κ3) is 3.78. The normalized spacial score (nSPS) is 11.1. The van der Waals surface area contributed by atoms with Gasteiger partial charge in [0.2, 0.25) is 0 Å². The Hall–Kier alpha value is -1.04. The number of esters is 1. The van der Waals surface area contributed by atoms with Gasteiger partial charge in [0.05, 0.1) is 18.1 Å². The van der Waals surface area contributed by atoms with E-state index in [1.54, 1.807) is 0 Å².